The third kappa shape index (κ3) is 1.37. The van der Waals surface area contributed by atoms with Gasteiger partial charge in [-0.25, -0.2) is 0 Å². The summed E-state index contributed by atoms with van der Waals surface area (Å²) < 4.78 is 0. The lowest BCUT2D eigenvalue weighted by Crippen LogP contribution is -2.10. The fourth-order valence-corrected chi connectivity index (χ4v) is 1.33. The maximum Gasteiger partial charge on any atom is -0.00953 e. The molecule has 0 aromatic carbocycles. The summed E-state index contributed by atoms with van der Waals surface area (Å²) in [4.78, 5) is 0. The highest BCUT2D eigenvalue weighted by atomic mass is 32.1. The molecule has 7 heavy (non-hydrogen) atoms. The van der Waals surface area contributed by atoms with Crippen LogP contribution in [0.4, 0.5) is 0 Å². The predicted molar refractivity (Wildman–Crippen MR) is 35.8 cm³/mol. The highest BCUT2D eigenvalue weighted by Gasteiger charge is 2.15. The van der Waals surface area contributed by atoms with Crippen LogP contribution in [0.2, 0.25) is 0 Å². The molecule has 0 N–H and O–H groups in total. The maximum atomic E-state index is 4.15. The quantitative estimate of drug-likeness (QED) is 0.525. The van der Waals surface area contributed by atoms with Crippen molar-refractivity contribution in [1.29, 1.82) is 0 Å². The van der Waals surface area contributed by atoms with Crippen LogP contribution in [0.15, 0.2) is 0 Å². The molecule has 1 rings (SSSR count). The maximum absolute atomic E-state index is 4.15. The van der Waals surface area contributed by atoms with E-state index in [1.54, 1.807) is 0 Å². The Morgan fingerprint density at radius 3 is 2.29 bits per heavy atom. The zero-order valence-corrected chi connectivity index (χ0v) is 5.45. The molecule has 0 nitrogen and oxygen atoms in total. The lowest BCUT2D eigenvalue weighted by atomic mass is 9.84. The molecule has 0 aromatic heterocycles. The minimum Gasteiger partial charge on any atom is -0.179 e. The van der Waals surface area contributed by atoms with Gasteiger partial charge in [-0.05, 0) is 18.1 Å². The van der Waals surface area contributed by atoms with Crippen molar-refractivity contribution in [3.8, 4) is 0 Å². The Morgan fingerprint density at radius 2 is 2.14 bits per heavy atom. The Bertz CT molecular complexity index is 48.1. The van der Waals surface area contributed by atoms with Crippen LogP contribution < -0.4 is 0 Å². The van der Waals surface area contributed by atoms with Gasteiger partial charge in [-0.3, -0.25) is 0 Å². The molecule has 0 bridgehead atoms. The van der Waals surface area contributed by atoms with Crippen LogP contribution in [0, 0.1) is 5.92 Å². The first-order valence-electron chi connectivity index (χ1n) is 3.04. The van der Waals surface area contributed by atoms with Gasteiger partial charge >= 0.3 is 0 Å². The molecule has 1 fully saturated rings. The highest BCUT2D eigenvalue weighted by Crippen LogP contribution is 2.29. The molecule has 0 atom stereocenters. The Labute approximate surface area is 50.7 Å². The Kier molecular flexibility index (Phi) is 2.04. The van der Waals surface area contributed by atoms with Gasteiger partial charge in [-0.15, -0.1) is 0 Å². The summed E-state index contributed by atoms with van der Waals surface area (Å²) in [5.74, 6) is 2.14. The Balaban J connectivity index is 1.93. The molecule has 0 heterocycles. The van der Waals surface area contributed by atoms with Gasteiger partial charge in [0.15, 0.2) is 0 Å². The summed E-state index contributed by atoms with van der Waals surface area (Å²) in [6.45, 7) is 0. The van der Waals surface area contributed by atoms with Gasteiger partial charge in [0.2, 0.25) is 0 Å². The molecule has 0 saturated heterocycles. The first-order chi connectivity index (χ1) is 3.43. The van der Waals surface area contributed by atoms with Gasteiger partial charge in [-0.2, -0.15) is 12.6 Å². The molecular formula is C6H12S. The van der Waals surface area contributed by atoms with Gasteiger partial charge in [-0.1, -0.05) is 19.3 Å². The fraction of sp³-hybridized carbons (Fsp3) is 1.00. The number of thiol groups is 1. The number of hydrogen-bond acceptors (Lipinski definition) is 1. The van der Waals surface area contributed by atoms with Crippen molar-refractivity contribution in [3.05, 3.63) is 0 Å². The zero-order valence-electron chi connectivity index (χ0n) is 4.56. The summed E-state index contributed by atoms with van der Waals surface area (Å²) >= 11 is 4.15. The Hall–Kier alpha value is 0.350. The van der Waals surface area contributed by atoms with Crippen LogP contribution in [0.5, 0.6) is 0 Å². The van der Waals surface area contributed by atoms with E-state index in [2.05, 4.69) is 12.6 Å². The molecule has 0 spiro atoms. The summed E-state index contributed by atoms with van der Waals surface area (Å²) in [6.07, 6.45) is 5.77. The smallest absolute Gasteiger partial charge is 0.00953 e. The van der Waals surface area contributed by atoms with Crippen LogP contribution in [0.25, 0.3) is 0 Å². The molecule has 0 unspecified atom stereocenters. The van der Waals surface area contributed by atoms with Crippen molar-refractivity contribution in [1.82, 2.24) is 0 Å². The van der Waals surface area contributed by atoms with Crippen molar-refractivity contribution >= 4 is 12.6 Å². The van der Waals surface area contributed by atoms with Gasteiger partial charge in [0.05, 0.1) is 0 Å². The molecule has 42 valence electrons. The standard InChI is InChI=1S/C6H12S/c7-5-4-6-2-1-3-6/h6-7H,1-5H2. The molecule has 1 aliphatic carbocycles. The van der Waals surface area contributed by atoms with E-state index in [0.29, 0.717) is 0 Å². The molecule has 0 amide bonds. The lowest BCUT2D eigenvalue weighted by molar-refractivity contribution is 0.309. The second-order valence-electron chi connectivity index (χ2n) is 2.31. The van der Waals surface area contributed by atoms with Crippen LogP contribution in [0.1, 0.15) is 25.7 Å². The first kappa shape index (κ1) is 5.49. The monoisotopic (exact) mass is 116 g/mol. The Morgan fingerprint density at radius 1 is 1.43 bits per heavy atom. The fourth-order valence-electron chi connectivity index (χ4n) is 0.964. The van der Waals surface area contributed by atoms with Crippen LogP contribution in [-0.4, -0.2) is 5.75 Å². The minimum atomic E-state index is 1.05. The van der Waals surface area contributed by atoms with Gasteiger partial charge < -0.3 is 0 Å². The van der Waals surface area contributed by atoms with Crippen molar-refractivity contribution in [3.63, 3.8) is 0 Å². The molecule has 1 heteroatoms. The highest BCUT2D eigenvalue weighted by molar-refractivity contribution is 7.80. The lowest BCUT2D eigenvalue weighted by Gasteiger charge is -2.23. The van der Waals surface area contributed by atoms with Crippen LogP contribution in [0.3, 0.4) is 0 Å². The van der Waals surface area contributed by atoms with Crippen molar-refractivity contribution in [2.45, 2.75) is 25.7 Å². The summed E-state index contributed by atoms with van der Waals surface area (Å²) in [5, 5.41) is 0. The third-order valence-corrected chi connectivity index (χ3v) is 2.02. The normalized spacial score (nSPS) is 21.9. The van der Waals surface area contributed by atoms with Crippen LogP contribution >= 0.6 is 12.6 Å². The molecular weight excluding hydrogens is 104 g/mol. The van der Waals surface area contributed by atoms with E-state index in [9.17, 15) is 0 Å². The number of rotatable bonds is 2. The second kappa shape index (κ2) is 2.61. The van der Waals surface area contributed by atoms with Crippen LogP contribution in [-0.2, 0) is 0 Å². The average molecular weight is 116 g/mol. The summed E-state index contributed by atoms with van der Waals surface area (Å²) in [7, 11) is 0. The molecule has 0 aliphatic heterocycles. The van der Waals surface area contributed by atoms with Crippen molar-refractivity contribution < 1.29 is 0 Å². The van der Waals surface area contributed by atoms with Gasteiger partial charge in [0.25, 0.3) is 0 Å². The van der Waals surface area contributed by atoms with E-state index in [4.69, 9.17) is 0 Å². The minimum absolute atomic E-state index is 1.05. The SMILES string of the molecule is SCCC1CCC1. The molecule has 1 aliphatic rings. The third-order valence-electron chi connectivity index (χ3n) is 1.76. The van der Waals surface area contributed by atoms with E-state index in [-0.39, 0.29) is 0 Å². The summed E-state index contributed by atoms with van der Waals surface area (Å²) in [5.41, 5.74) is 0. The largest absolute Gasteiger partial charge is 0.179 e. The predicted octanol–water partition coefficient (Wildman–Crippen LogP) is 2.11. The zero-order chi connectivity index (χ0) is 5.11. The topological polar surface area (TPSA) is 0 Å². The first-order valence-corrected chi connectivity index (χ1v) is 3.67. The van der Waals surface area contributed by atoms with E-state index in [1.807, 2.05) is 0 Å². The molecule has 0 aromatic rings. The van der Waals surface area contributed by atoms with E-state index in [0.717, 1.165) is 11.7 Å². The molecule has 1 saturated carbocycles. The second-order valence-corrected chi connectivity index (χ2v) is 2.76. The van der Waals surface area contributed by atoms with Crippen molar-refractivity contribution in [2.75, 3.05) is 5.75 Å². The van der Waals surface area contributed by atoms with E-state index < -0.39 is 0 Å². The molecule has 0 radical (unpaired) electrons. The van der Waals surface area contributed by atoms with Gasteiger partial charge in [0, 0.05) is 0 Å². The van der Waals surface area contributed by atoms with E-state index >= 15 is 0 Å². The number of hydrogen-bond donors (Lipinski definition) is 1. The van der Waals surface area contributed by atoms with E-state index in [1.165, 1.54) is 25.7 Å². The average Bonchev–Trinajstić information content (AvgIpc) is 1.55. The summed E-state index contributed by atoms with van der Waals surface area (Å²) in [6, 6.07) is 0. The van der Waals surface area contributed by atoms with Crippen molar-refractivity contribution in [2.24, 2.45) is 5.92 Å². The van der Waals surface area contributed by atoms with Gasteiger partial charge in [0.1, 0.15) is 0 Å².